The van der Waals surface area contributed by atoms with Crippen LogP contribution in [0.1, 0.15) is 31.7 Å². The lowest BCUT2D eigenvalue weighted by Gasteiger charge is -2.37. The van der Waals surface area contributed by atoms with Crippen molar-refractivity contribution in [1.29, 1.82) is 0 Å². The fourth-order valence-corrected chi connectivity index (χ4v) is 2.96. The monoisotopic (exact) mass is 290 g/mol. The van der Waals surface area contributed by atoms with Gasteiger partial charge in [-0.1, -0.05) is 37.3 Å². The summed E-state index contributed by atoms with van der Waals surface area (Å²) < 4.78 is 0. The van der Waals surface area contributed by atoms with Crippen molar-refractivity contribution < 1.29 is 9.90 Å². The van der Waals surface area contributed by atoms with Crippen LogP contribution in [0.4, 0.5) is 0 Å². The molecule has 2 rings (SSSR count). The van der Waals surface area contributed by atoms with Gasteiger partial charge in [-0.2, -0.15) is 0 Å². The molecule has 1 saturated carbocycles. The lowest BCUT2D eigenvalue weighted by Crippen LogP contribution is -2.48. The summed E-state index contributed by atoms with van der Waals surface area (Å²) in [6.45, 7) is 3.26. The minimum absolute atomic E-state index is 0.0710. The molecule has 0 aliphatic heterocycles. The van der Waals surface area contributed by atoms with E-state index in [1.165, 1.54) is 5.56 Å². The minimum Gasteiger partial charge on any atom is -0.393 e. The summed E-state index contributed by atoms with van der Waals surface area (Å²) in [5.41, 5.74) is 1.21. The lowest BCUT2D eigenvalue weighted by atomic mass is 9.76. The first kappa shape index (κ1) is 16.0. The van der Waals surface area contributed by atoms with Gasteiger partial charge in [-0.25, -0.2) is 0 Å². The summed E-state index contributed by atoms with van der Waals surface area (Å²) >= 11 is 0. The maximum Gasteiger partial charge on any atom is 0.234 e. The van der Waals surface area contributed by atoms with Crippen LogP contribution in [0.5, 0.6) is 0 Å². The fourth-order valence-electron chi connectivity index (χ4n) is 2.96. The topological polar surface area (TPSA) is 52.6 Å². The van der Waals surface area contributed by atoms with Gasteiger partial charge in [-0.05, 0) is 37.8 Å². The van der Waals surface area contributed by atoms with E-state index in [1.807, 2.05) is 30.1 Å². The van der Waals surface area contributed by atoms with Crippen LogP contribution in [0.15, 0.2) is 30.3 Å². The predicted molar refractivity (Wildman–Crippen MR) is 83.7 cm³/mol. The Morgan fingerprint density at radius 3 is 2.62 bits per heavy atom. The Morgan fingerprint density at radius 1 is 1.38 bits per heavy atom. The SMILES string of the molecule is CC[C@@H](NC(=O)CN(C)Cc1ccccc1)C1CC(O)C1. The number of carbonyl (C=O) groups is 1. The third-order valence-corrected chi connectivity index (χ3v) is 4.21. The van der Waals surface area contributed by atoms with E-state index in [0.717, 1.165) is 25.8 Å². The van der Waals surface area contributed by atoms with Crippen LogP contribution in [0.2, 0.25) is 0 Å². The molecule has 116 valence electrons. The van der Waals surface area contributed by atoms with Crippen molar-refractivity contribution in [3.8, 4) is 0 Å². The number of aliphatic hydroxyl groups is 1. The van der Waals surface area contributed by atoms with Crippen LogP contribution in [0.3, 0.4) is 0 Å². The summed E-state index contributed by atoms with van der Waals surface area (Å²) in [5, 5.41) is 12.5. The second-order valence-electron chi connectivity index (χ2n) is 6.13. The first-order chi connectivity index (χ1) is 10.1. The Morgan fingerprint density at radius 2 is 2.05 bits per heavy atom. The van der Waals surface area contributed by atoms with E-state index >= 15 is 0 Å². The van der Waals surface area contributed by atoms with Crippen molar-refractivity contribution in [2.75, 3.05) is 13.6 Å². The van der Waals surface area contributed by atoms with Crippen molar-refractivity contribution in [2.45, 2.75) is 44.9 Å². The molecule has 0 saturated heterocycles. The molecule has 1 aliphatic rings. The molecular weight excluding hydrogens is 264 g/mol. The van der Waals surface area contributed by atoms with Gasteiger partial charge in [0.05, 0.1) is 12.6 Å². The molecule has 0 unspecified atom stereocenters. The van der Waals surface area contributed by atoms with Crippen molar-refractivity contribution in [2.24, 2.45) is 5.92 Å². The van der Waals surface area contributed by atoms with Crippen molar-refractivity contribution in [1.82, 2.24) is 10.2 Å². The molecule has 0 bridgehead atoms. The molecule has 1 atom stereocenters. The summed E-state index contributed by atoms with van der Waals surface area (Å²) in [6, 6.07) is 10.4. The number of rotatable bonds is 7. The number of benzene rings is 1. The molecule has 1 aromatic rings. The van der Waals surface area contributed by atoms with Crippen molar-refractivity contribution in [3.05, 3.63) is 35.9 Å². The summed E-state index contributed by atoms with van der Waals surface area (Å²) in [5.74, 6) is 0.509. The van der Waals surface area contributed by atoms with Gasteiger partial charge in [0.25, 0.3) is 0 Å². The van der Waals surface area contributed by atoms with Crippen LogP contribution in [-0.4, -0.2) is 41.7 Å². The van der Waals surface area contributed by atoms with Gasteiger partial charge in [0.1, 0.15) is 0 Å². The first-order valence-electron chi connectivity index (χ1n) is 7.78. The van der Waals surface area contributed by atoms with Gasteiger partial charge in [0, 0.05) is 12.6 Å². The lowest BCUT2D eigenvalue weighted by molar-refractivity contribution is -0.124. The average Bonchev–Trinajstić information content (AvgIpc) is 2.42. The average molecular weight is 290 g/mol. The maximum absolute atomic E-state index is 12.1. The normalized spacial score (nSPS) is 22.7. The van der Waals surface area contributed by atoms with Crippen LogP contribution in [-0.2, 0) is 11.3 Å². The molecule has 4 nitrogen and oxygen atoms in total. The van der Waals surface area contributed by atoms with Crippen LogP contribution < -0.4 is 5.32 Å². The van der Waals surface area contributed by atoms with Crippen LogP contribution in [0.25, 0.3) is 0 Å². The Balaban J connectivity index is 1.75. The molecule has 0 aromatic heterocycles. The Kier molecular flexibility index (Phi) is 5.76. The second kappa shape index (κ2) is 7.57. The fraction of sp³-hybridized carbons (Fsp3) is 0.588. The second-order valence-corrected chi connectivity index (χ2v) is 6.13. The number of hydrogen-bond donors (Lipinski definition) is 2. The van der Waals surface area contributed by atoms with E-state index in [-0.39, 0.29) is 18.1 Å². The molecular formula is C17H26N2O2. The highest BCUT2D eigenvalue weighted by Crippen LogP contribution is 2.31. The predicted octanol–water partition coefficient (Wildman–Crippen LogP) is 1.78. The van der Waals surface area contributed by atoms with Gasteiger partial charge in [-0.3, -0.25) is 9.69 Å². The van der Waals surface area contributed by atoms with Crippen molar-refractivity contribution in [3.63, 3.8) is 0 Å². The Labute approximate surface area is 127 Å². The number of nitrogens with zero attached hydrogens (tertiary/aromatic N) is 1. The third kappa shape index (κ3) is 4.83. The van der Waals surface area contributed by atoms with E-state index in [0.29, 0.717) is 12.5 Å². The van der Waals surface area contributed by atoms with E-state index < -0.39 is 0 Å². The molecule has 4 heteroatoms. The van der Waals surface area contributed by atoms with Gasteiger partial charge >= 0.3 is 0 Å². The molecule has 1 amide bonds. The highest BCUT2D eigenvalue weighted by atomic mass is 16.3. The number of carbonyl (C=O) groups excluding carboxylic acids is 1. The summed E-state index contributed by atoms with van der Waals surface area (Å²) in [6.07, 6.45) is 2.39. The zero-order chi connectivity index (χ0) is 15.2. The molecule has 0 spiro atoms. The van der Waals surface area contributed by atoms with Gasteiger partial charge < -0.3 is 10.4 Å². The smallest absolute Gasteiger partial charge is 0.234 e. The van der Waals surface area contributed by atoms with E-state index in [1.54, 1.807) is 0 Å². The third-order valence-electron chi connectivity index (χ3n) is 4.21. The summed E-state index contributed by atoms with van der Waals surface area (Å²) in [7, 11) is 1.96. The quantitative estimate of drug-likeness (QED) is 0.805. The highest BCUT2D eigenvalue weighted by Gasteiger charge is 2.33. The van der Waals surface area contributed by atoms with E-state index in [9.17, 15) is 9.90 Å². The maximum atomic E-state index is 12.1. The van der Waals surface area contributed by atoms with Gasteiger partial charge in [0.15, 0.2) is 0 Å². The number of hydrogen-bond acceptors (Lipinski definition) is 3. The molecule has 0 heterocycles. The molecule has 1 aliphatic carbocycles. The Bertz CT molecular complexity index is 443. The number of aliphatic hydroxyl groups excluding tert-OH is 1. The summed E-state index contributed by atoms with van der Waals surface area (Å²) in [4.78, 5) is 14.1. The van der Waals surface area contributed by atoms with E-state index in [2.05, 4.69) is 24.4 Å². The number of nitrogens with one attached hydrogen (secondary N) is 1. The highest BCUT2D eigenvalue weighted by molar-refractivity contribution is 5.78. The molecule has 1 fully saturated rings. The molecule has 21 heavy (non-hydrogen) atoms. The molecule has 1 aromatic carbocycles. The molecule has 0 radical (unpaired) electrons. The minimum atomic E-state index is -0.165. The van der Waals surface area contributed by atoms with Crippen LogP contribution >= 0.6 is 0 Å². The Hall–Kier alpha value is -1.39. The number of likely N-dealkylation sites (N-methyl/N-ethyl adjacent to an activating group) is 1. The van der Waals surface area contributed by atoms with Crippen molar-refractivity contribution >= 4 is 5.91 Å². The molecule has 2 N–H and O–H groups in total. The zero-order valence-corrected chi connectivity index (χ0v) is 13.0. The first-order valence-corrected chi connectivity index (χ1v) is 7.78. The standard InChI is InChI=1S/C17H26N2O2/c1-3-16(14-9-15(20)10-14)18-17(21)12-19(2)11-13-7-5-4-6-8-13/h4-8,14-16,20H,3,9-12H2,1-2H3,(H,18,21)/t14?,15?,16-/m1/s1. The van der Waals surface area contributed by atoms with E-state index in [4.69, 9.17) is 0 Å². The van der Waals surface area contributed by atoms with Gasteiger partial charge in [-0.15, -0.1) is 0 Å². The number of amides is 1. The van der Waals surface area contributed by atoms with Crippen LogP contribution in [0, 0.1) is 5.92 Å². The zero-order valence-electron chi connectivity index (χ0n) is 13.0. The largest absolute Gasteiger partial charge is 0.393 e. The van der Waals surface area contributed by atoms with Gasteiger partial charge in [0.2, 0.25) is 5.91 Å².